The summed E-state index contributed by atoms with van der Waals surface area (Å²) in [6, 6.07) is 10.4. The van der Waals surface area contributed by atoms with E-state index >= 15 is 0 Å². The average Bonchev–Trinajstić information content (AvgIpc) is 2.63. The number of carbonyl (C=O) groups is 1. The molecule has 3 aromatic rings. The monoisotopic (exact) mass is 370 g/mol. The van der Waals surface area contributed by atoms with Crippen LogP contribution in [0.3, 0.4) is 0 Å². The van der Waals surface area contributed by atoms with Gasteiger partial charge in [-0.3, -0.25) is 9.36 Å². The number of rotatable bonds is 4. The van der Waals surface area contributed by atoms with Crippen molar-refractivity contribution in [3.05, 3.63) is 62.9 Å². The number of hydrogen-bond donors (Lipinski definition) is 0. The Morgan fingerprint density at radius 1 is 1.27 bits per heavy atom. The van der Waals surface area contributed by atoms with Crippen molar-refractivity contribution >= 4 is 28.5 Å². The summed E-state index contributed by atoms with van der Waals surface area (Å²) in [5.74, 6) is -0.0164. The number of carbonyl (C=O) groups excluding carboxylic acids is 1. The topological polar surface area (TPSA) is 61.2 Å². The van der Waals surface area contributed by atoms with E-state index in [2.05, 4.69) is 0 Å². The van der Waals surface area contributed by atoms with Crippen molar-refractivity contribution in [2.45, 2.75) is 26.8 Å². The molecule has 0 N–H and O–H groups in total. The van der Waals surface area contributed by atoms with Crippen LogP contribution in [0.5, 0.6) is 0 Å². The predicted molar refractivity (Wildman–Crippen MR) is 103 cm³/mol. The first-order valence-corrected chi connectivity index (χ1v) is 8.74. The van der Waals surface area contributed by atoms with Crippen LogP contribution in [0, 0.1) is 6.92 Å². The highest BCUT2D eigenvalue weighted by Crippen LogP contribution is 2.28. The van der Waals surface area contributed by atoms with Crippen LogP contribution in [0.2, 0.25) is 5.02 Å². The number of ether oxygens (including phenoxy) is 1. The first-order valence-electron chi connectivity index (χ1n) is 8.36. The van der Waals surface area contributed by atoms with Crippen LogP contribution in [-0.4, -0.2) is 22.6 Å². The molecule has 0 saturated heterocycles. The Bertz CT molecular complexity index is 1060. The van der Waals surface area contributed by atoms with Crippen molar-refractivity contribution in [3.63, 3.8) is 0 Å². The Kier molecular flexibility index (Phi) is 5.09. The fraction of sp³-hybridized carbons (Fsp3) is 0.250. The Balaban J connectivity index is 2.43. The number of esters is 1. The summed E-state index contributed by atoms with van der Waals surface area (Å²) in [7, 11) is 1.33. The first-order chi connectivity index (χ1) is 12.5. The van der Waals surface area contributed by atoms with Gasteiger partial charge in [0, 0.05) is 17.1 Å². The molecule has 0 spiro atoms. The van der Waals surface area contributed by atoms with Crippen molar-refractivity contribution in [2.75, 3.05) is 7.11 Å². The number of benzene rings is 2. The molecule has 1 aromatic heterocycles. The SMILES string of the molecule is CCCn1c(-c2c(C)cccc2C(=O)OC)nc2cc(Cl)ccc2c1=O. The highest BCUT2D eigenvalue weighted by atomic mass is 35.5. The number of hydrogen-bond acceptors (Lipinski definition) is 4. The van der Waals surface area contributed by atoms with Crippen molar-refractivity contribution in [2.24, 2.45) is 0 Å². The van der Waals surface area contributed by atoms with Crippen LogP contribution in [0.4, 0.5) is 0 Å². The Labute approximate surface area is 156 Å². The third-order valence-electron chi connectivity index (χ3n) is 4.27. The van der Waals surface area contributed by atoms with E-state index in [-0.39, 0.29) is 5.56 Å². The molecule has 0 aliphatic rings. The minimum Gasteiger partial charge on any atom is -0.465 e. The molecular weight excluding hydrogens is 352 g/mol. The molecule has 0 fully saturated rings. The van der Waals surface area contributed by atoms with Crippen LogP contribution < -0.4 is 5.56 Å². The molecule has 0 aliphatic heterocycles. The molecule has 5 nitrogen and oxygen atoms in total. The number of nitrogens with zero attached hydrogens (tertiary/aromatic N) is 2. The highest BCUT2D eigenvalue weighted by Gasteiger charge is 2.21. The standard InChI is InChI=1S/C20H19ClN2O3/c1-4-10-23-18(17-12(2)6-5-7-15(17)20(25)26-3)22-16-11-13(21)8-9-14(16)19(23)24/h5-9,11H,4,10H2,1-3H3. The Morgan fingerprint density at radius 3 is 2.73 bits per heavy atom. The second kappa shape index (κ2) is 7.30. The highest BCUT2D eigenvalue weighted by molar-refractivity contribution is 6.31. The van der Waals surface area contributed by atoms with Crippen molar-refractivity contribution in [1.82, 2.24) is 9.55 Å². The maximum absolute atomic E-state index is 13.0. The molecular formula is C20H19ClN2O3. The van der Waals surface area contributed by atoms with Crippen molar-refractivity contribution in [1.29, 1.82) is 0 Å². The van der Waals surface area contributed by atoms with Crippen LogP contribution in [-0.2, 0) is 11.3 Å². The van der Waals surface area contributed by atoms with Crippen molar-refractivity contribution < 1.29 is 9.53 Å². The molecule has 6 heteroatoms. The molecule has 0 unspecified atom stereocenters. The molecule has 134 valence electrons. The molecule has 0 bridgehead atoms. The van der Waals surface area contributed by atoms with Gasteiger partial charge in [-0.05, 0) is 43.2 Å². The van der Waals surface area contributed by atoms with E-state index in [9.17, 15) is 9.59 Å². The summed E-state index contributed by atoms with van der Waals surface area (Å²) in [6.07, 6.45) is 0.757. The zero-order valence-corrected chi connectivity index (χ0v) is 15.6. The molecule has 2 aromatic carbocycles. The second-order valence-corrected chi connectivity index (χ2v) is 6.48. The van der Waals surface area contributed by atoms with Gasteiger partial charge in [0.2, 0.25) is 0 Å². The summed E-state index contributed by atoms with van der Waals surface area (Å²) >= 11 is 6.08. The largest absolute Gasteiger partial charge is 0.465 e. The zero-order chi connectivity index (χ0) is 18.8. The summed E-state index contributed by atoms with van der Waals surface area (Å²) in [6.45, 7) is 4.36. The summed E-state index contributed by atoms with van der Waals surface area (Å²) in [5.41, 5.74) is 2.18. The van der Waals surface area contributed by atoms with Crippen molar-refractivity contribution in [3.8, 4) is 11.4 Å². The molecule has 0 amide bonds. The molecule has 0 saturated carbocycles. The van der Waals surface area contributed by atoms with E-state index in [4.69, 9.17) is 21.3 Å². The van der Waals surface area contributed by atoms with E-state index in [1.807, 2.05) is 19.9 Å². The average molecular weight is 371 g/mol. The van der Waals surface area contributed by atoms with Gasteiger partial charge in [0.15, 0.2) is 0 Å². The van der Waals surface area contributed by atoms with Gasteiger partial charge in [0.1, 0.15) is 5.82 Å². The number of aromatic nitrogens is 2. The van der Waals surface area contributed by atoms with E-state index in [0.29, 0.717) is 39.4 Å². The lowest BCUT2D eigenvalue weighted by Gasteiger charge is -2.17. The van der Waals surface area contributed by atoms with Gasteiger partial charge in [0.25, 0.3) is 5.56 Å². The van der Waals surface area contributed by atoms with Crippen LogP contribution in [0.1, 0.15) is 29.3 Å². The minimum absolute atomic E-state index is 0.150. The van der Waals surface area contributed by atoms with Gasteiger partial charge >= 0.3 is 5.97 Å². The van der Waals surface area contributed by atoms with Gasteiger partial charge < -0.3 is 4.74 Å². The lowest BCUT2D eigenvalue weighted by molar-refractivity contribution is 0.0601. The Morgan fingerprint density at radius 2 is 2.04 bits per heavy atom. The molecule has 0 aliphatic carbocycles. The smallest absolute Gasteiger partial charge is 0.338 e. The molecule has 0 atom stereocenters. The number of fused-ring (bicyclic) bond motifs is 1. The molecule has 0 radical (unpaired) electrons. The maximum atomic E-state index is 13.0. The fourth-order valence-corrected chi connectivity index (χ4v) is 3.23. The summed E-state index contributed by atoms with van der Waals surface area (Å²) < 4.78 is 6.53. The van der Waals surface area contributed by atoms with Crippen LogP contribution in [0.15, 0.2) is 41.2 Å². The summed E-state index contributed by atoms with van der Waals surface area (Å²) in [5, 5.41) is 1.00. The molecule has 3 rings (SSSR count). The van der Waals surface area contributed by atoms with Gasteiger partial charge in [-0.15, -0.1) is 0 Å². The van der Waals surface area contributed by atoms with Gasteiger partial charge in [-0.25, -0.2) is 9.78 Å². The fourth-order valence-electron chi connectivity index (χ4n) is 3.06. The molecule has 1 heterocycles. The number of halogens is 1. The first kappa shape index (κ1) is 18.1. The Hall–Kier alpha value is -2.66. The van der Waals surface area contributed by atoms with Crippen LogP contribution >= 0.6 is 11.6 Å². The van der Waals surface area contributed by atoms with Gasteiger partial charge in [-0.1, -0.05) is 30.7 Å². The summed E-state index contributed by atoms with van der Waals surface area (Å²) in [4.78, 5) is 30.0. The number of aryl methyl sites for hydroxylation is 1. The van der Waals surface area contributed by atoms with E-state index in [1.165, 1.54) is 7.11 Å². The van der Waals surface area contributed by atoms with E-state index in [1.54, 1.807) is 34.9 Å². The molecule has 26 heavy (non-hydrogen) atoms. The lowest BCUT2D eigenvalue weighted by Crippen LogP contribution is -2.24. The third-order valence-corrected chi connectivity index (χ3v) is 4.50. The van der Waals surface area contributed by atoms with Gasteiger partial charge in [0.05, 0.1) is 23.6 Å². The van der Waals surface area contributed by atoms with E-state index < -0.39 is 5.97 Å². The normalized spacial score (nSPS) is 10.9. The number of methoxy groups -OCH3 is 1. The quantitative estimate of drug-likeness (QED) is 0.645. The maximum Gasteiger partial charge on any atom is 0.338 e. The minimum atomic E-state index is -0.466. The predicted octanol–water partition coefficient (Wildman–Crippen LogP) is 4.22. The lowest BCUT2D eigenvalue weighted by atomic mass is 10.0. The third kappa shape index (κ3) is 3.10. The van der Waals surface area contributed by atoms with Crippen LogP contribution in [0.25, 0.3) is 22.3 Å². The van der Waals surface area contributed by atoms with E-state index in [0.717, 1.165) is 12.0 Å². The second-order valence-electron chi connectivity index (χ2n) is 6.04. The van der Waals surface area contributed by atoms with Gasteiger partial charge in [-0.2, -0.15) is 0 Å². The zero-order valence-electron chi connectivity index (χ0n) is 14.9.